The van der Waals surface area contributed by atoms with Gasteiger partial charge in [-0.25, -0.2) is 0 Å². The molecular formula is C14H12Cl2IN. The minimum atomic E-state index is -0.214. The Morgan fingerprint density at radius 3 is 2.50 bits per heavy atom. The van der Waals surface area contributed by atoms with Gasteiger partial charge in [-0.3, -0.25) is 0 Å². The molecule has 1 nitrogen and oxygen atoms in total. The van der Waals surface area contributed by atoms with Crippen LogP contribution >= 0.6 is 45.8 Å². The lowest BCUT2D eigenvalue weighted by atomic mass is 9.99. The second-order valence-electron chi connectivity index (χ2n) is 4.15. The molecule has 4 heteroatoms. The number of rotatable bonds is 2. The predicted octanol–water partition coefficient (Wildman–Crippen LogP) is 4.95. The molecule has 2 rings (SSSR count). The van der Waals surface area contributed by atoms with E-state index in [1.54, 1.807) is 0 Å². The first-order valence-electron chi connectivity index (χ1n) is 5.45. The third-order valence-corrected chi connectivity index (χ3v) is 4.47. The smallest absolute Gasteiger partial charge is 0.0563 e. The maximum absolute atomic E-state index is 6.28. The summed E-state index contributed by atoms with van der Waals surface area (Å²) in [5.74, 6) is 0. The highest BCUT2D eigenvalue weighted by Crippen LogP contribution is 2.29. The summed E-state index contributed by atoms with van der Waals surface area (Å²) < 4.78 is 1.10. The van der Waals surface area contributed by atoms with Crippen LogP contribution in [-0.2, 0) is 0 Å². The lowest BCUT2D eigenvalue weighted by molar-refractivity contribution is 0.865. The van der Waals surface area contributed by atoms with Gasteiger partial charge in [0.15, 0.2) is 0 Å². The van der Waals surface area contributed by atoms with E-state index in [-0.39, 0.29) is 6.04 Å². The molecule has 0 saturated carbocycles. The predicted molar refractivity (Wildman–Crippen MR) is 86.4 cm³/mol. The molecule has 0 aliphatic rings. The van der Waals surface area contributed by atoms with Crippen LogP contribution in [-0.4, -0.2) is 0 Å². The van der Waals surface area contributed by atoms with Gasteiger partial charge in [-0.1, -0.05) is 35.3 Å². The molecule has 0 bridgehead atoms. The van der Waals surface area contributed by atoms with Crippen LogP contribution in [0.1, 0.15) is 22.7 Å². The fourth-order valence-corrected chi connectivity index (χ4v) is 2.78. The maximum atomic E-state index is 6.28. The molecule has 0 amide bonds. The molecule has 1 atom stereocenters. The molecule has 2 aromatic carbocycles. The highest BCUT2D eigenvalue weighted by molar-refractivity contribution is 14.1. The molecule has 0 aromatic heterocycles. The minimum Gasteiger partial charge on any atom is -0.320 e. The molecule has 0 spiro atoms. The largest absolute Gasteiger partial charge is 0.320 e. The van der Waals surface area contributed by atoms with Crippen molar-refractivity contribution in [2.45, 2.75) is 13.0 Å². The van der Waals surface area contributed by atoms with Crippen molar-refractivity contribution in [3.8, 4) is 0 Å². The molecule has 2 N–H and O–H groups in total. The first-order chi connectivity index (χ1) is 8.49. The zero-order valence-electron chi connectivity index (χ0n) is 9.75. The standard InChI is InChI=1S/C14H12Cl2IN/c1-8-2-3-9(6-12(8)16)14(18)11-7-10(15)4-5-13(11)17/h2-7,14H,18H2,1H3. The number of hydrogen-bond acceptors (Lipinski definition) is 1. The summed E-state index contributed by atoms with van der Waals surface area (Å²) in [7, 11) is 0. The van der Waals surface area contributed by atoms with Gasteiger partial charge in [0.05, 0.1) is 6.04 Å². The van der Waals surface area contributed by atoms with E-state index in [4.69, 9.17) is 28.9 Å². The van der Waals surface area contributed by atoms with Crippen LogP contribution in [0.15, 0.2) is 36.4 Å². The molecular weight excluding hydrogens is 380 g/mol. The average molecular weight is 392 g/mol. The van der Waals surface area contributed by atoms with Crippen molar-refractivity contribution in [3.63, 3.8) is 0 Å². The second kappa shape index (κ2) is 5.78. The third-order valence-electron chi connectivity index (χ3n) is 2.85. The number of halogens is 3. The van der Waals surface area contributed by atoms with Crippen LogP contribution in [0, 0.1) is 10.5 Å². The molecule has 94 valence electrons. The van der Waals surface area contributed by atoms with Gasteiger partial charge in [-0.2, -0.15) is 0 Å². The van der Waals surface area contributed by atoms with Crippen molar-refractivity contribution in [2.75, 3.05) is 0 Å². The Balaban J connectivity index is 2.44. The highest BCUT2D eigenvalue weighted by atomic mass is 127. The van der Waals surface area contributed by atoms with Crippen LogP contribution in [0.25, 0.3) is 0 Å². The Morgan fingerprint density at radius 2 is 1.83 bits per heavy atom. The van der Waals surface area contributed by atoms with E-state index in [9.17, 15) is 0 Å². The third kappa shape index (κ3) is 2.99. The Hall–Kier alpha value is -0.290. The quantitative estimate of drug-likeness (QED) is 0.719. The number of aryl methyl sites for hydroxylation is 1. The van der Waals surface area contributed by atoms with Gasteiger partial charge in [-0.15, -0.1) is 0 Å². The Bertz CT molecular complexity index is 584. The van der Waals surface area contributed by atoms with E-state index >= 15 is 0 Å². The van der Waals surface area contributed by atoms with E-state index in [2.05, 4.69) is 22.6 Å². The first kappa shape index (κ1) is 14.1. The molecule has 0 heterocycles. The Morgan fingerprint density at radius 1 is 1.11 bits per heavy atom. The van der Waals surface area contributed by atoms with E-state index < -0.39 is 0 Å². The van der Waals surface area contributed by atoms with Crippen LogP contribution in [0.3, 0.4) is 0 Å². The normalized spacial score (nSPS) is 12.5. The van der Waals surface area contributed by atoms with Gasteiger partial charge in [0.2, 0.25) is 0 Å². The van der Waals surface area contributed by atoms with Crippen molar-refractivity contribution >= 4 is 45.8 Å². The number of benzene rings is 2. The van der Waals surface area contributed by atoms with E-state index in [0.717, 1.165) is 25.3 Å². The minimum absolute atomic E-state index is 0.214. The summed E-state index contributed by atoms with van der Waals surface area (Å²) in [6.07, 6.45) is 0. The summed E-state index contributed by atoms with van der Waals surface area (Å²) >= 11 is 14.4. The van der Waals surface area contributed by atoms with Gasteiger partial charge >= 0.3 is 0 Å². The van der Waals surface area contributed by atoms with Crippen molar-refractivity contribution in [1.82, 2.24) is 0 Å². The van der Waals surface area contributed by atoms with E-state index in [0.29, 0.717) is 5.02 Å². The summed E-state index contributed by atoms with van der Waals surface area (Å²) in [5, 5.41) is 1.43. The van der Waals surface area contributed by atoms with Gasteiger partial charge in [-0.05, 0) is 70.5 Å². The van der Waals surface area contributed by atoms with Gasteiger partial charge in [0.25, 0.3) is 0 Å². The van der Waals surface area contributed by atoms with Crippen LogP contribution < -0.4 is 5.73 Å². The molecule has 0 saturated heterocycles. The molecule has 0 aliphatic heterocycles. The van der Waals surface area contributed by atoms with Gasteiger partial charge in [0.1, 0.15) is 0 Å². The van der Waals surface area contributed by atoms with Crippen LogP contribution in [0.2, 0.25) is 10.0 Å². The summed E-state index contributed by atoms with van der Waals surface area (Å²) in [6, 6.07) is 11.4. The van der Waals surface area contributed by atoms with E-state index in [1.165, 1.54) is 0 Å². The van der Waals surface area contributed by atoms with E-state index in [1.807, 2.05) is 43.3 Å². The second-order valence-corrected chi connectivity index (χ2v) is 6.16. The number of nitrogens with two attached hydrogens (primary N) is 1. The highest BCUT2D eigenvalue weighted by Gasteiger charge is 2.13. The Labute approximate surface area is 130 Å². The maximum Gasteiger partial charge on any atom is 0.0563 e. The monoisotopic (exact) mass is 391 g/mol. The van der Waals surface area contributed by atoms with Gasteiger partial charge in [0, 0.05) is 13.6 Å². The molecule has 0 fully saturated rings. The Kier molecular flexibility index (Phi) is 4.54. The number of hydrogen-bond donors (Lipinski definition) is 1. The van der Waals surface area contributed by atoms with Crippen LogP contribution in [0.5, 0.6) is 0 Å². The zero-order valence-corrected chi connectivity index (χ0v) is 13.4. The lowest BCUT2D eigenvalue weighted by Crippen LogP contribution is -2.13. The topological polar surface area (TPSA) is 26.0 Å². The van der Waals surface area contributed by atoms with Crippen molar-refractivity contribution < 1.29 is 0 Å². The van der Waals surface area contributed by atoms with Crippen molar-refractivity contribution in [1.29, 1.82) is 0 Å². The molecule has 0 radical (unpaired) electrons. The zero-order chi connectivity index (χ0) is 13.3. The fraction of sp³-hybridized carbons (Fsp3) is 0.143. The van der Waals surface area contributed by atoms with Crippen molar-refractivity contribution in [2.24, 2.45) is 5.73 Å². The molecule has 18 heavy (non-hydrogen) atoms. The van der Waals surface area contributed by atoms with Gasteiger partial charge < -0.3 is 5.73 Å². The average Bonchev–Trinajstić information content (AvgIpc) is 2.35. The lowest BCUT2D eigenvalue weighted by Gasteiger charge is -2.15. The van der Waals surface area contributed by atoms with Crippen molar-refractivity contribution in [3.05, 3.63) is 66.7 Å². The first-order valence-corrected chi connectivity index (χ1v) is 7.29. The summed E-state index contributed by atoms with van der Waals surface area (Å²) in [5.41, 5.74) is 9.34. The fourth-order valence-electron chi connectivity index (χ4n) is 1.74. The molecule has 2 aromatic rings. The summed E-state index contributed by atoms with van der Waals surface area (Å²) in [4.78, 5) is 0. The SMILES string of the molecule is Cc1ccc(C(N)c2cc(Cl)ccc2I)cc1Cl. The summed E-state index contributed by atoms with van der Waals surface area (Å²) in [6.45, 7) is 1.97. The molecule has 0 aliphatic carbocycles. The molecule has 1 unspecified atom stereocenters. The van der Waals surface area contributed by atoms with Crippen LogP contribution in [0.4, 0.5) is 0 Å².